The fraction of sp³-hybridized carbons (Fsp3) is 0.0588. The molecule has 0 bridgehead atoms. The molecular weight excluding hydrogens is 280 g/mol. The van der Waals surface area contributed by atoms with Crippen LogP contribution >= 0.6 is 12.6 Å². The summed E-state index contributed by atoms with van der Waals surface area (Å²) in [6.45, 7) is 0. The van der Waals surface area contributed by atoms with Gasteiger partial charge in [0.2, 0.25) is 0 Å². The average molecular weight is 292 g/mol. The third kappa shape index (κ3) is 1.73. The Kier molecular flexibility index (Phi) is 2.64. The van der Waals surface area contributed by atoms with Crippen LogP contribution in [0.15, 0.2) is 60.9 Å². The van der Waals surface area contributed by atoms with Gasteiger partial charge in [-0.15, -0.1) is 12.6 Å². The lowest BCUT2D eigenvalue weighted by Gasteiger charge is -2.21. The summed E-state index contributed by atoms with van der Waals surface area (Å²) < 4.78 is 0. The molecule has 1 N–H and O–H groups in total. The van der Waals surface area contributed by atoms with E-state index in [1.54, 1.807) is 18.5 Å². The summed E-state index contributed by atoms with van der Waals surface area (Å²) >= 11 is 4.50. The normalized spacial score (nSPS) is 19.1. The fourth-order valence-electron chi connectivity index (χ4n) is 2.86. The van der Waals surface area contributed by atoms with Gasteiger partial charge in [-0.25, -0.2) is 0 Å². The summed E-state index contributed by atoms with van der Waals surface area (Å²) in [6.07, 6.45) is 3.45. The summed E-state index contributed by atoms with van der Waals surface area (Å²) in [5.41, 5.74) is 4.73. The van der Waals surface area contributed by atoms with E-state index in [4.69, 9.17) is 0 Å². The Labute approximate surface area is 127 Å². The Morgan fingerprint density at radius 3 is 2.43 bits per heavy atom. The highest BCUT2D eigenvalue weighted by Gasteiger charge is 2.42. The minimum absolute atomic E-state index is 0.680. The first kappa shape index (κ1) is 12.6. The summed E-state index contributed by atoms with van der Waals surface area (Å²) in [4.78, 5) is 7.39. The van der Waals surface area contributed by atoms with Gasteiger partial charge in [0.05, 0.1) is 11.4 Å². The number of hydrogen-bond acceptors (Lipinski definition) is 4. The van der Waals surface area contributed by atoms with Crippen molar-refractivity contribution in [2.45, 2.75) is 4.93 Å². The van der Waals surface area contributed by atoms with Crippen LogP contribution in [-0.2, 0) is 4.93 Å². The van der Waals surface area contributed by atoms with Crippen molar-refractivity contribution in [1.29, 1.82) is 0 Å². The number of thiol groups is 1. The summed E-state index contributed by atoms with van der Waals surface area (Å²) in [6, 6.07) is 15.5. The molecule has 1 aliphatic carbocycles. The summed E-state index contributed by atoms with van der Waals surface area (Å²) in [5.74, 6) is 0. The van der Waals surface area contributed by atoms with E-state index >= 15 is 0 Å². The number of nitrogens with zero attached hydrogens (tertiary/aromatic N) is 2. The number of aliphatic hydroxyl groups is 1. The van der Waals surface area contributed by atoms with Crippen molar-refractivity contribution in [2.24, 2.45) is 0 Å². The Morgan fingerprint density at radius 1 is 0.857 bits per heavy atom. The molecule has 0 radical (unpaired) electrons. The lowest BCUT2D eigenvalue weighted by molar-refractivity contribution is 0.189. The van der Waals surface area contributed by atoms with Gasteiger partial charge in [-0.1, -0.05) is 36.4 Å². The highest BCUT2D eigenvalue weighted by Crippen LogP contribution is 2.50. The van der Waals surface area contributed by atoms with Crippen molar-refractivity contribution in [3.8, 4) is 22.5 Å². The molecule has 2 aromatic heterocycles. The van der Waals surface area contributed by atoms with E-state index in [1.165, 1.54) is 0 Å². The third-order valence-electron chi connectivity index (χ3n) is 3.79. The molecule has 0 spiro atoms. The van der Waals surface area contributed by atoms with Gasteiger partial charge in [0, 0.05) is 23.5 Å². The zero-order valence-electron chi connectivity index (χ0n) is 11.1. The van der Waals surface area contributed by atoms with Crippen molar-refractivity contribution in [3.05, 3.63) is 72.1 Å². The molecule has 0 saturated carbocycles. The van der Waals surface area contributed by atoms with E-state index in [0.29, 0.717) is 22.5 Å². The summed E-state index contributed by atoms with van der Waals surface area (Å²) in [5, 5.41) is 10.9. The van der Waals surface area contributed by atoms with Gasteiger partial charge in [-0.05, 0) is 23.3 Å². The van der Waals surface area contributed by atoms with E-state index in [2.05, 4.69) is 22.6 Å². The predicted molar refractivity (Wildman–Crippen MR) is 84.9 cm³/mol. The maximum Gasteiger partial charge on any atom is 0.163 e. The van der Waals surface area contributed by atoms with Crippen LogP contribution in [0.4, 0.5) is 0 Å². The lowest BCUT2D eigenvalue weighted by Crippen LogP contribution is -2.17. The molecule has 1 aliphatic rings. The molecule has 3 aromatic rings. The standard InChI is InChI=1S/C17H12N2OS/c20-17(21)13-7-4-9-18-15(13)16-14(17)12(8-10-19-16)11-5-2-1-3-6-11/h1-10,20-21H. The van der Waals surface area contributed by atoms with Gasteiger partial charge in [0.1, 0.15) is 0 Å². The third-order valence-corrected chi connectivity index (χ3v) is 4.26. The Balaban J connectivity index is 2.06. The van der Waals surface area contributed by atoms with Crippen LogP contribution in [0.3, 0.4) is 0 Å². The van der Waals surface area contributed by atoms with E-state index < -0.39 is 4.93 Å². The number of pyridine rings is 2. The molecule has 1 atom stereocenters. The van der Waals surface area contributed by atoms with E-state index in [-0.39, 0.29) is 0 Å². The van der Waals surface area contributed by atoms with Crippen LogP contribution in [0.25, 0.3) is 22.5 Å². The first-order valence-corrected chi connectivity index (χ1v) is 7.10. The first-order valence-electron chi connectivity index (χ1n) is 6.65. The lowest BCUT2D eigenvalue weighted by atomic mass is 9.97. The molecular formula is C17H12N2OS. The molecule has 0 saturated heterocycles. The number of aromatic nitrogens is 2. The zero-order chi connectivity index (χ0) is 14.4. The van der Waals surface area contributed by atoms with Crippen LogP contribution in [-0.4, -0.2) is 15.1 Å². The second-order valence-corrected chi connectivity index (χ2v) is 5.67. The zero-order valence-corrected chi connectivity index (χ0v) is 12.0. The van der Waals surface area contributed by atoms with Gasteiger partial charge in [0.25, 0.3) is 0 Å². The van der Waals surface area contributed by atoms with Crippen LogP contribution in [0.5, 0.6) is 0 Å². The maximum atomic E-state index is 10.9. The van der Waals surface area contributed by atoms with Crippen molar-refractivity contribution >= 4 is 12.6 Å². The van der Waals surface area contributed by atoms with Crippen molar-refractivity contribution < 1.29 is 5.11 Å². The van der Waals surface area contributed by atoms with Crippen LogP contribution < -0.4 is 0 Å². The second kappa shape index (κ2) is 4.41. The van der Waals surface area contributed by atoms with Gasteiger partial charge in [-0.3, -0.25) is 9.97 Å². The molecule has 1 aromatic carbocycles. The monoisotopic (exact) mass is 292 g/mol. The van der Waals surface area contributed by atoms with E-state index in [1.807, 2.05) is 42.5 Å². The molecule has 2 heterocycles. The van der Waals surface area contributed by atoms with Crippen LogP contribution in [0, 0.1) is 0 Å². The van der Waals surface area contributed by atoms with Crippen LogP contribution in [0.1, 0.15) is 11.1 Å². The molecule has 0 fully saturated rings. The van der Waals surface area contributed by atoms with Crippen molar-refractivity contribution in [1.82, 2.24) is 9.97 Å². The number of fused-ring (bicyclic) bond motifs is 3. The molecule has 0 amide bonds. The Hall–Kier alpha value is -2.17. The topological polar surface area (TPSA) is 46.0 Å². The van der Waals surface area contributed by atoms with Gasteiger partial charge in [0.15, 0.2) is 4.93 Å². The Bertz CT molecular complexity index is 831. The first-order chi connectivity index (χ1) is 10.2. The van der Waals surface area contributed by atoms with Crippen LogP contribution in [0.2, 0.25) is 0 Å². The van der Waals surface area contributed by atoms with Crippen molar-refractivity contribution in [2.75, 3.05) is 0 Å². The molecule has 4 heteroatoms. The van der Waals surface area contributed by atoms with Crippen molar-refractivity contribution in [3.63, 3.8) is 0 Å². The molecule has 3 nitrogen and oxygen atoms in total. The molecule has 4 rings (SSSR count). The smallest absolute Gasteiger partial charge is 0.163 e. The average Bonchev–Trinajstić information content (AvgIpc) is 2.77. The van der Waals surface area contributed by atoms with E-state index in [9.17, 15) is 5.11 Å². The quantitative estimate of drug-likeness (QED) is 0.534. The second-order valence-electron chi connectivity index (χ2n) is 5.02. The van der Waals surface area contributed by atoms with Gasteiger partial charge < -0.3 is 5.11 Å². The molecule has 21 heavy (non-hydrogen) atoms. The highest BCUT2D eigenvalue weighted by atomic mass is 32.1. The molecule has 102 valence electrons. The number of hydrogen-bond donors (Lipinski definition) is 2. The fourth-order valence-corrected chi connectivity index (χ4v) is 3.27. The van der Waals surface area contributed by atoms with Gasteiger partial charge in [-0.2, -0.15) is 0 Å². The van der Waals surface area contributed by atoms with Gasteiger partial charge >= 0.3 is 0 Å². The van der Waals surface area contributed by atoms with E-state index in [0.717, 1.165) is 11.1 Å². The minimum Gasteiger partial charge on any atom is -0.371 e. The number of benzene rings is 1. The molecule has 0 aliphatic heterocycles. The molecule has 1 unspecified atom stereocenters. The SMILES string of the molecule is OC1(S)c2cccnc2-c2nccc(-c3ccccc3)c21. The highest BCUT2D eigenvalue weighted by molar-refractivity contribution is 7.81. The summed E-state index contributed by atoms with van der Waals surface area (Å²) in [7, 11) is 0. The minimum atomic E-state index is -1.38. The Morgan fingerprint density at radius 2 is 1.62 bits per heavy atom. The maximum absolute atomic E-state index is 10.9. The predicted octanol–water partition coefficient (Wildman–Crippen LogP) is 3.25. The number of rotatable bonds is 1. The largest absolute Gasteiger partial charge is 0.371 e.